The summed E-state index contributed by atoms with van der Waals surface area (Å²) in [6.07, 6.45) is -5.08. The Morgan fingerprint density at radius 2 is 1.53 bits per heavy atom. The van der Waals surface area contributed by atoms with Crippen LogP contribution in [0.1, 0.15) is 29.8 Å². The number of anilines is 1. The Balaban J connectivity index is 0.000000509. The molecule has 3 N–H and O–H groups in total. The van der Waals surface area contributed by atoms with Crippen molar-refractivity contribution in [2.75, 3.05) is 5.32 Å². The van der Waals surface area contributed by atoms with Crippen LogP contribution >= 0.6 is 11.6 Å². The Hall–Kier alpha value is -3.36. The lowest BCUT2D eigenvalue weighted by atomic mass is 10.0. The highest BCUT2D eigenvalue weighted by molar-refractivity contribution is 6.31. The molecule has 0 aliphatic carbocycles. The van der Waals surface area contributed by atoms with Gasteiger partial charge in [0.25, 0.3) is 5.91 Å². The van der Waals surface area contributed by atoms with Crippen molar-refractivity contribution in [3.63, 3.8) is 0 Å². The smallest absolute Gasteiger partial charge is 0.475 e. The standard InChI is InChI=1S/C23H23ClN2O.C2HF3O2/c1-16(2)25-15-17-6-3-7-18(12-17)19-8-5-11-22(14-19)26-23(27)20-9-4-10-21(24)13-20;3-2(4,5)1(6)7/h3-14,16,25H,15H2,1-2H3,(H,26,27);(H,6,7). The van der Waals surface area contributed by atoms with E-state index in [1.807, 2.05) is 24.3 Å². The van der Waals surface area contributed by atoms with Gasteiger partial charge in [0.1, 0.15) is 0 Å². The van der Waals surface area contributed by atoms with Gasteiger partial charge < -0.3 is 15.7 Å². The molecule has 0 radical (unpaired) electrons. The van der Waals surface area contributed by atoms with E-state index in [1.165, 1.54) is 5.56 Å². The molecule has 0 bridgehead atoms. The maximum atomic E-state index is 12.4. The fraction of sp³-hybridized carbons (Fsp3) is 0.200. The molecule has 9 heteroatoms. The summed E-state index contributed by atoms with van der Waals surface area (Å²) in [5, 5.41) is 14.0. The number of aliphatic carboxylic acids is 1. The average Bonchev–Trinajstić information content (AvgIpc) is 2.78. The largest absolute Gasteiger partial charge is 0.490 e. The Bertz CT molecular complexity index is 1130. The van der Waals surface area contributed by atoms with Crippen molar-refractivity contribution >= 4 is 29.2 Å². The second kappa shape index (κ2) is 12.2. The number of carbonyl (C=O) groups excluding carboxylic acids is 1. The zero-order chi connectivity index (χ0) is 25.3. The lowest BCUT2D eigenvalue weighted by Gasteiger charge is -2.11. The van der Waals surface area contributed by atoms with Gasteiger partial charge in [0.2, 0.25) is 0 Å². The van der Waals surface area contributed by atoms with Gasteiger partial charge in [-0.2, -0.15) is 13.2 Å². The normalized spacial score (nSPS) is 10.9. The lowest BCUT2D eigenvalue weighted by molar-refractivity contribution is -0.192. The number of nitrogens with one attached hydrogen (secondary N) is 2. The number of hydrogen-bond donors (Lipinski definition) is 3. The van der Waals surface area contributed by atoms with E-state index in [0.29, 0.717) is 16.6 Å². The fourth-order valence-electron chi connectivity index (χ4n) is 2.79. The van der Waals surface area contributed by atoms with Gasteiger partial charge in [0.15, 0.2) is 0 Å². The summed E-state index contributed by atoms with van der Waals surface area (Å²) >= 11 is 5.97. The van der Waals surface area contributed by atoms with Crippen molar-refractivity contribution in [2.24, 2.45) is 0 Å². The minimum atomic E-state index is -5.08. The van der Waals surface area contributed by atoms with Gasteiger partial charge in [-0.1, -0.05) is 61.8 Å². The molecule has 3 rings (SSSR count). The number of carboxylic acids is 1. The zero-order valence-electron chi connectivity index (χ0n) is 18.5. The number of carbonyl (C=O) groups is 2. The Kier molecular flexibility index (Phi) is 9.65. The first kappa shape index (κ1) is 26.9. The molecule has 3 aromatic rings. The van der Waals surface area contributed by atoms with E-state index in [1.54, 1.807) is 24.3 Å². The molecule has 0 spiro atoms. The van der Waals surface area contributed by atoms with E-state index in [2.05, 4.69) is 48.7 Å². The van der Waals surface area contributed by atoms with Crippen LogP contribution in [0.5, 0.6) is 0 Å². The maximum absolute atomic E-state index is 12.4. The Morgan fingerprint density at radius 3 is 2.12 bits per heavy atom. The first-order valence-corrected chi connectivity index (χ1v) is 10.6. The third-order valence-corrected chi connectivity index (χ3v) is 4.66. The van der Waals surface area contributed by atoms with E-state index in [4.69, 9.17) is 21.5 Å². The highest BCUT2D eigenvalue weighted by atomic mass is 35.5. The third-order valence-electron chi connectivity index (χ3n) is 4.42. The predicted octanol–water partition coefficient (Wildman–Crippen LogP) is 6.39. The maximum Gasteiger partial charge on any atom is 0.490 e. The number of amides is 1. The van der Waals surface area contributed by atoms with Gasteiger partial charge >= 0.3 is 12.1 Å². The number of alkyl halides is 3. The molecule has 3 aromatic carbocycles. The first-order valence-electron chi connectivity index (χ1n) is 10.3. The summed E-state index contributed by atoms with van der Waals surface area (Å²) < 4.78 is 31.7. The van der Waals surface area contributed by atoms with Crippen molar-refractivity contribution in [1.82, 2.24) is 5.32 Å². The first-order chi connectivity index (χ1) is 16.0. The Morgan fingerprint density at radius 1 is 0.941 bits per heavy atom. The second-order valence-corrected chi connectivity index (χ2v) is 8.02. The van der Waals surface area contributed by atoms with Gasteiger partial charge in [0, 0.05) is 28.9 Å². The van der Waals surface area contributed by atoms with Gasteiger partial charge in [-0.25, -0.2) is 4.79 Å². The van der Waals surface area contributed by atoms with Crippen LogP contribution < -0.4 is 10.6 Å². The summed E-state index contributed by atoms with van der Waals surface area (Å²) in [5.41, 5.74) is 4.70. The summed E-state index contributed by atoms with van der Waals surface area (Å²) in [6.45, 7) is 5.10. The van der Waals surface area contributed by atoms with Crippen LogP contribution in [-0.2, 0) is 11.3 Å². The zero-order valence-corrected chi connectivity index (χ0v) is 19.2. The van der Waals surface area contributed by atoms with Crippen LogP contribution in [0, 0.1) is 0 Å². The molecule has 0 aliphatic rings. The monoisotopic (exact) mass is 492 g/mol. The van der Waals surface area contributed by atoms with Gasteiger partial charge in [0.05, 0.1) is 0 Å². The van der Waals surface area contributed by atoms with Crippen LogP contribution in [0.3, 0.4) is 0 Å². The van der Waals surface area contributed by atoms with Crippen LogP contribution in [0.4, 0.5) is 18.9 Å². The third kappa shape index (κ3) is 8.88. The van der Waals surface area contributed by atoms with Gasteiger partial charge in [-0.15, -0.1) is 0 Å². The quantitative estimate of drug-likeness (QED) is 0.372. The minimum absolute atomic E-state index is 0.176. The lowest BCUT2D eigenvalue weighted by Crippen LogP contribution is -2.21. The number of benzene rings is 3. The predicted molar refractivity (Wildman–Crippen MR) is 127 cm³/mol. The molecule has 0 fully saturated rings. The molecule has 0 saturated heterocycles. The topological polar surface area (TPSA) is 78.4 Å². The van der Waals surface area contributed by atoms with E-state index in [-0.39, 0.29) is 5.91 Å². The molecule has 0 atom stereocenters. The fourth-order valence-corrected chi connectivity index (χ4v) is 2.98. The van der Waals surface area contributed by atoms with E-state index >= 15 is 0 Å². The van der Waals surface area contributed by atoms with Crippen LogP contribution in [0.15, 0.2) is 72.8 Å². The molecular weight excluding hydrogens is 469 g/mol. The van der Waals surface area contributed by atoms with Crippen molar-refractivity contribution < 1.29 is 27.9 Å². The SMILES string of the molecule is CC(C)NCc1cccc(-c2cccc(NC(=O)c3cccc(Cl)c3)c2)c1.O=C(O)C(F)(F)F. The highest BCUT2D eigenvalue weighted by Crippen LogP contribution is 2.24. The summed E-state index contributed by atoms with van der Waals surface area (Å²) in [6, 6.07) is 23.7. The van der Waals surface area contributed by atoms with Crippen LogP contribution in [0.25, 0.3) is 11.1 Å². The van der Waals surface area contributed by atoms with Gasteiger partial charge in [-0.05, 0) is 53.1 Å². The molecular formula is C25H24ClF3N2O3. The minimum Gasteiger partial charge on any atom is -0.475 e. The highest BCUT2D eigenvalue weighted by Gasteiger charge is 2.38. The van der Waals surface area contributed by atoms with E-state index < -0.39 is 12.1 Å². The second-order valence-electron chi connectivity index (χ2n) is 7.58. The van der Waals surface area contributed by atoms with E-state index in [9.17, 15) is 18.0 Å². The summed E-state index contributed by atoms with van der Waals surface area (Å²) in [5.74, 6) is -2.93. The van der Waals surface area contributed by atoms with Gasteiger partial charge in [-0.3, -0.25) is 4.79 Å². The molecule has 0 heterocycles. The molecule has 0 aliphatic heterocycles. The van der Waals surface area contributed by atoms with Crippen LogP contribution in [-0.4, -0.2) is 29.2 Å². The molecule has 0 unspecified atom stereocenters. The van der Waals surface area contributed by atoms with Crippen molar-refractivity contribution in [3.8, 4) is 11.1 Å². The van der Waals surface area contributed by atoms with Crippen LogP contribution in [0.2, 0.25) is 5.02 Å². The number of rotatable bonds is 6. The molecule has 0 saturated carbocycles. The molecule has 1 amide bonds. The molecule has 5 nitrogen and oxygen atoms in total. The summed E-state index contributed by atoms with van der Waals surface area (Å²) in [7, 11) is 0. The Labute approximate surface area is 200 Å². The molecule has 34 heavy (non-hydrogen) atoms. The number of hydrogen-bond acceptors (Lipinski definition) is 3. The van der Waals surface area contributed by atoms with E-state index in [0.717, 1.165) is 23.4 Å². The summed E-state index contributed by atoms with van der Waals surface area (Å²) in [4.78, 5) is 21.3. The average molecular weight is 493 g/mol. The van der Waals surface area contributed by atoms with Crippen molar-refractivity contribution in [2.45, 2.75) is 32.6 Å². The molecule has 180 valence electrons. The number of halogens is 4. The molecule has 0 aromatic heterocycles. The van der Waals surface area contributed by atoms with Crippen molar-refractivity contribution in [1.29, 1.82) is 0 Å². The number of carboxylic acid groups (broad SMARTS) is 1. The van der Waals surface area contributed by atoms with Crippen molar-refractivity contribution in [3.05, 3.63) is 88.9 Å².